The molecule has 0 aliphatic carbocycles. The smallest absolute Gasteiger partial charge is 0.270 e. The first-order valence-corrected chi connectivity index (χ1v) is 11.9. The van der Waals surface area contributed by atoms with Crippen molar-refractivity contribution in [3.05, 3.63) is 88.6 Å². The second-order valence-corrected chi connectivity index (χ2v) is 9.02. The van der Waals surface area contributed by atoms with Crippen LogP contribution in [0.3, 0.4) is 0 Å². The number of hydrogen-bond acceptors (Lipinski definition) is 6. The van der Waals surface area contributed by atoms with Gasteiger partial charge in [0.25, 0.3) is 11.8 Å². The molecule has 4 rings (SSSR count). The van der Waals surface area contributed by atoms with E-state index in [1.54, 1.807) is 43.5 Å². The minimum atomic E-state index is -0.394. The molecule has 0 aromatic heterocycles. The van der Waals surface area contributed by atoms with Crippen LogP contribution in [0, 0.1) is 5.82 Å². The lowest BCUT2D eigenvalue weighted by Gasteiger charge is -2.16. The van der Waals surface area contributed by atoms with E-state index < -0.39 is 11.7 Å². The zero-order valence-electron chi connectivity index (χ0n) is 18.9. The van der Waals surface area contributed by atoms with Crippen LogP contribution in [0.4, 0.5) is 15.8 Å². The second-order valence-electron chi connectivity index (χ2n) is 7.34. The number of benzene rings is 3. The summed E-state index contributed by atoms with van der Waals surface area (Å²) in [7, 11) is 1.56. The van der Waals surface area contributed by atoms with Gasteiger partial charge in [0.2, 0.25) is 0 Å². The highest BCUT2D eigenvalue weighted by atomic mass is 32.2. The Morgan fingerprint density at radius 3 is 2.60 bits per heavy atom. The molecule has 2 amide bonds. The van der Waals surface area contributed by atoms with E-state index in [1.807, 2.05) is 19.1 Å². The van der Waals surface area contributed by atoms with E-state index in [0.29, 0.717) is 49.8 Å². The number of para-hydroxylation sites is 1. The monoisotopic (exact) mass is 508 g/mol. The van der Waals surface area contributed by atoms with Crippen LogP contribution in [-0.2, 0) is 4.79 Å². The van der Waals surface area contributed by atoms with E-state index in [0.717, 1.165) is 0 Å². The molecule has 1 saturated heterocycles. The van der Waals surface area contributed by atoms with Crippen molar-refractivity contribution in [2.75, 3.05) is 23.9 Å². The number of anilines is 2. The normalized spacial score (nSPS) is 14.4. The van der Waals surface area contributed by atoms with Gasteiger partial charge in [-0.1, -0.05) is 42.2 Å². The number of thiocarbonyl (C=S) groups is 1. The predicted molar refractivity (Wildman–Crippen MR) is 141 cm³/mol. The van der Waals surface area contributed by atoms with E-state index in [4.69, 9.17) is 21.7 Å². The fraction of sp³-hybridized carbons (Fsp3) is 0.115. The summed E-state index contributed by atoms with van der Waals surface area (Å²) in [4.78, 5) is 27.8. The van der Waals surface area contributed by atoms with Gasteiger partial charge in [0, 0.05) is 16.8 Å². The molecule has 3 aromatic carbocycles. The quantitative estimate of drug-likeness (QED) is 0.317. The topological polar surface area (TPSA) is 67.9 Å². The molecular weight excluding hydrogens is 487 g/mol. The third-order valence-electron chi connectivity index (χ3n) is 5.07. The van der Waals surface area contributed by atoms with Crippen LogP contribution in [-0.4, -0.2) is 29.9 Å². The number of amides is 2. The maximum atomic E-state index is 13.3. The minimum absolute atomic E-state index is 0.304. The number of nitrogens with zero attached hydrogens (tertiary/aromatic N) is 1. The third kappa shape index (κ3) is 5.36. The summed E-state index contributed by atoms with van der Waals surface area (Å²) in [5.41, 5.74) is 1.95. The third-order valence-corrected chi connectivity index (χ3v) is 6.37. The molecule has 0 atom stereocenters. The number of rotatable bonds is 7. The van der Waals surface area contributed by atoms with Gasteiger partial charge in [0.05, 0.1) is 24.3 Å². The van der Waals surface area contributed by atoms with Gasteiger partial charge in [-0.2, -0.15) is 0 Å². The van der Waals surface area contributed by atoms with Crippen LogP contribution >= 0.6 is 24.0 Å². The Morgan fingerprint density at radius 1 is 1.14 bits per heavy atom. The van der Waals surface area contributed by atoms with Crippen LogP contribution in [0.2, 0.25) is 0 Å². The largest absolute Gasteiger partial charge is 0.493 e. The molecule has 1 aliphatic heterocycles. The van der Waals surface area contributed by atoms with Gasteiger partial charge in [0.1, 0.15) is 5.82 Å². The Kier molecular flexibility index (Phi) is 7.48. The van der Waals surface area contributed by atoms with Gasteiger partial charge in [0.15, 0.2) is 15.8 Å². The highest BCUT2D eigenvalue weighted by molar-refractivity contribution is 8.27. The molecule has 0 saturated carbocycles. The standard InChI is InChI=1S/C26H21FN2O4S2/c1-3-33-23-16(6-5-9-21(23)32-2)15-22-25(31)29(26(34)35-22)20-8-4-7-17(14-20)24(30)28-19-12-10-18(27)11-13-19/h4-15H,3H2,1-2H3,(H,28,30)/b22-15+. The summed E-state index contributed by atoms with van der Waals surface area (Å²) >= 11 is 6.65. The SMILES string of the molecule is CCOc1c(/C=C2/SC(=S)N(c3cccc(C(=O)Nc4ccc(F)cc4)c3)C2=O)cccc1OC. The summed E-state index contributed by atoms with van der Waals surface area (Å²) in [6.45, 7) is 2.31. The molecule has 178 valence electrons. The summed E-state index contributed by atoms with van der Waals surface area (Å²) in [5, 5.41) is 2.71. The number of carbonyl (C=O) groups is 2. The lowest BCUT2D eigenvalue weighted by Crippen LogP contribution is -2.27. The van der Waals surface area contributed by atoms with Gasteiger partial charge >= 0.3 is 0 Å². The van der Waals surface area contributed by atoms with Crippen LogP contribution in [0.5, 0.6) is 11.5 Å². The maximum Gasteiger partial charge on any atom is 0.270 e. The molecule has 1 aliphatic rings. The first-order valence-electron chi connectivity index (χ1n) is 10.7. The minimum Gasteiger partial charge on any atom is -0.493 e. The highest BCUT2D eigenvalue weighted by Gasteiger charge is 2.34. The average molecular weight is 509 g/mol. The molecule has 35 heavy (non-hydrogen) atoms. The molecule has 3 aromatic rings. The van der Waals surface area contributed by atoms with E-state index in [1.165, 1.54) is 40.9 Å². The van der Waals surface area contributed by atoms with Crippen molar-refractivity contribution in [3.8, 4) is 11.5 Å². The van der Waals surface area contributed by atoms with Gasteiger partial charge in [-0.3, -0.25) is 14.5 Å². The fourth-order valence-electron chi connectivity index (χ4n) is 3.46. The lowest BCUT2D eigenvalue weighted by molar-refractivity contribution is -0.113. The van der Waals surface area contributed by atoms with Crippen LogP contribution in [0.25, 0.3) is 6.08 Å². The van der Waals surface area contributed by atoms with Gasteiger partial charge < -0.3 is 14.8 Å². The molecule has 1 N–H and O–H groups in total. The number of halogens is 1. The number of methoxy groups -OCH3 is 1. The maximum absolute atomic E-state index is 13.3. The first-order chi connectivity index (χ1) is 16.9. The number of nitrogens with one attached hydrogen (secondary N) is 1. The molecule has 1 heterocycles. The number of carbonyl (C=O) groups excluding carboxylic acids is 2. The summed E-state index contributed by atoms with van der Waals surface area (Å²) in [6.07, 6.45) is 1.72. The second kappa shape index (κ2) is 10.7. The summed E-state index contributed by atoms with van der Waals surface area (Å²) in [5.74, 6) is 0.0199. The number of hydrogen-bond donors (Lipinski definition) is 1. The summed E-state index contributed by atoms with van der Waals surface area (Å²) in [6, 6.07) is 17.5. The predicted octanol–water partition coefficient (Wildman–Crippen LogP) is 5.89. The Labute approximate surface area is 211 Å². The number of thioether (sulfide) groups is 1. The Balaban J connectivity index is 1.59. The van der Waals surface area contributed by atoms with Crippen molar-refractivity contribution >= 4 is 57.6 Å². The number of ether oxygens (including phenoxy) is 2. The molecule has 0 radical (unpaired) electrons. The Morgan fingerprint density at radius 2 is 1.89 bits per heavy atom. The first kappa shape index (κ1) is 24.4. The Bertz CT molecular complexity index is 1330. The molecule has 9 heteroatoms. The van der Waals surface area contributed by atoms with E-state index in [9.17, 15) is 14.0 Å². The van der Waals surface area contributed by atoms with Crippen LogP contribution in [0.15, 0.2) is 71.6 Å². The van der Waals surface area contributed by atoms with E-state index in [-0.39, 0.29) is 5.91 Å². The molecule has 0 bridgehead atoms. The van der Waals surface area contributed by atoms with Crippen molar-refractivity contribution in [3.63, 3.8) is 0 Å². The van der Waals surface area contributed by atoms with E-state index in [2.05, 4.69) is 5.32 Å². The zero-order chi connectivity index (χ0) is 24.9. The molecule has 1 fully saturated rings. The molecule has 0 spiro atoms. The van der Waals surface area contributed by atoms with Gasteiger partial charge in [-0.05, 0) is 61.5 Å². The van der Waals surface area contributed by atoms with Crippen molar-refractivity contribution in [1.82, 2.24) is 0 Å². The zero-order valence-corrected chi connectivity index (χ0v) is 20.5. The van der Waals surface area contributed by atoms with Gasteiger partial charge in [-0.15, -0.1) is 0 Å². The van der Waals surface area contributed by atoms with Crippen molar-refractivity contribution < 1.29 is 23.5 Å². The van der Waals surface area contributed by atoms with Crippen LogP contribution < -0.4 is 19.7 Å². The van der Waals surface area contributed by atoms with Crippen molar-refractivity contribution in [2.45, 2.75) is 6.92 Å². The van der Waals surface area contributed by atoms with Crippen molar-refractivity contribution in [1.29, 1.82) is 0 Å². The average Bonchev–Trinajstić information content (AvgIpc) is 3.14. The fourth-order valence-corrected chi connectivity index (χ4v) is 4.75. The van der Waals surface area contributed by atoms with Gasteiger partial charge in [-0.25, -0.2) is 4.39 Å². The molecule has 6 nitrogen and oxygen atoms in total. The lowest BCUT2D eigenvalue weighted by atomic mass is 10.1. The molecular formula is C26H21FN2O4S2. The van der Waals surface area contributed by atoms with Crippen LogP contribution in [0.1, 0.15) is 22.8 Å². The summed E-state index contributed by atoms with van der Waals surface area (Å²) < 4.78 is 24.6. The highest BCUT2D eigenvalue weighted by Crippen LogP contribution is 2.39. The Hall–Kier alpha value is -3.69. The van der Waals surface area contributed by atoms with E-state index >= 15 is 0 Å². The van der Waals surface area contributed by atoms with Crippen molar-refractivity contribution in [2.24, 2.45) is 0 Å². The molecule has 0 unspecified atom stereocenters.